The third kappa shape index (κ3) is 5.47. The van der Waals surface area contributed by atoms with Gasteiger partial charge in [-0.1, -0.05) is 55.5 Å². The number of benzene rings is 2. The summed E-state index contributed by atoms with van der Waals surface area (Å²) in [6.07, 6.45) is -0.136. The molecule has 0 aliphatic rings. The minimum atomic E-state index is -0.640. The van der Waals surface area contributed by atoms with Crippen molar-refractivity contribution in [2.24, 2.45) is 0 Å². The van der Waals surface area contributed by atoms with E-state index in [4.69, 9.17) is 4.74 Å². The third-order valence-corrected chi connectivity index (χ3v) is 3.27. The summed E-state index contributed by atoms with van der Waals surface area (Å²) in [4.78, 5) is 24.0. The van der Waals surface area contributed by atoms with Crippen molar-refractivity contribution in [2.45, 2.75) is 26.0 Å². The van der Waals surface area contributed by atoms with Gasteiger partial charge in [0.05, 0.1) is 0 Å². The van der Waals surface area contributed by atoms with Gasteiger partial charge in [-0.2, -0.15) is 0 Å². The molecular weight excluding hydrogens is 292 g/mol. The van der Waals surface area contributed by atoms with E-state index in [2.05, 4.69) is 10.6 Å². The Bertz CT molecular complexity index is 629. The Morgan fingerprint density at radius 1 is 1.00 bits per heavy atom. The van der Waals surface area contributed by atoms with Crippen LogP contribution < -0.4 is 10.6 Å². The number of anilines is 1. The summed E-state index contributed by atoms with van der Waals surface area (Å²) in [6.45, 7) is 2.00. The lowest BCUT2D eigenvalue weighted by atomic mass is 10.2. The van der Waals surface area contributed by atoms with Crippen molar-refractivity contribution in [3.05, 3.63) is 66.2 Å². The van der Waals surface area contributed by atoms with E-state index < -0.39 is 12.1 Å². The van der Waals surface area contributed by atoms with Crippen LogP contribution in [0.15, 0.2) is 60.7 Å². The SMILES string of the molecule is CC[C@@H](NC(=O)OCc1ccccc1)C(=O)Nc1ccccc1. The van der Waals surface area contributed by atoms with Crippen molar-refractivity contribution in [2.75, 3.05) is 5.32 Å². The molecule has 2 aromatic carbocycles. The quantitative estimate of drug-likeness (QED) is 0.859. The van der Waals surface area contributed by atoms with E-state index in [-0.39, 0.29) is 12.5 Å². The fraction of sp³-hybridized carbons (Fsp3) is 0.222. The molecule has 0 radical (unpaired) electrons. The molecule has 0 aliphatic heterocycles. The van der Waals surface area contributed by atoms with Crippen LogP contribution in [0.25, 0.3) is 0 Å². The summed E-state index contributed by atoms with van der Waals surface area (Å²) in [7, 11) is 0. The van der Waals surface area contributed by atoms with Crippen LogP contribution in [0.2, 0.25) is 0 Å². The average Bonchev–Trinajstić information content (AvgIpc) is 2.59. The van der Waals surface area contributed by atoms with E-state index in [1.54, 1.807) is 12.1 Å². The first-order valence-corrected chi connectivity index (χ1v) is 7.52. The minimum Gasteiger partial charge on any atom is -0.445 e. The molecule has 0 aromatic heterocycles. The highest BCUT2D eigenvalue weighted by molar-refractivity contribution is 5.96. The average molecular weight is 312 g/mol. The predicted octanol–water partition coefficient (Wildman–Crippen LogP) is 3.33. The molecule has 0 saturated carbocycles. The van der Waals surface area contributed by atoms with E-state index >= 15 is 0 Å². The highest BCUT2D eigenvalue weighted by atomic mass is 16.5. The lowest BCUT2D eigenvalue weighted by Crippen LogP contribution is -2.43. The molecule has 2 N–H and O–H groups in total. The van der Waals surface area contributed by atoms with Crippen LogP contribution in [0.3, 0.4) is 0 Å². The Balaban J connectivity index is 1.83. The number of rotatable bonds is 6. The number of para-hydroxylation sites is 1. The number of carbonyl (C=O) groups is 2. The maximum atomic E-state index is 12.2. The Morgan fingerprint density at radius 3 is 2.22 bits per heavy atom. The van der Waals surface area contributed by atoms with Gasteiger partial charge in [0, 0.05) is 5.69 Å². The lowest BCUT2D eigenvalue weighted by Gasteiger charge is -2.16. The summed E-state index contributed by atoms with van der Waals surface area (Å²) in [6, 6.07) is 17.8. The van der Waals surface area contributed by atoms with Gasteiger partial charge < -0.3 is 15.4 Å². The summed E-state index contributed by atoms with van der Waals surface area (Å²) in [5.41, 5.74) is 1.58. The van der Waals surface area contributed by atoms with Gasteiger partial charge in [-0.05, 0) is 24.1 Å². The van der Waals surface area contributed by atoms with Crippen LogP contribution in [-0.2, 0) is 16.1 Å². The van der Waals surface area contributed by atoms with Crippen molar-refractivity contribution < 1.29 is 14.3 Å². The largest absolute Gasteiger partial charge is 0.445 e. The molecule has 2 amide bonds. The molecule has 0 aliphatic carbocycles. The second-order valence-electron chi connectivity index (χ2n) is 5.02. The lowest BCUT2D eigenvalue weighted by molar-refractivity contribution is -0.118. The van der Waals surface area contributed by atoms with Gasteiger partial charge in [-0.15, -0.1) is 0 Å². The van der Waals surface area contributed by atoms with Crippen LogP contribution in [0, 0.1) is 0 Å². The van der Waals surface area contributed by atoms with Gasteiger partial charge >= 0.3 is 6.09 Å². The van der Waals surface area contributed by atoms with Crippen molar-refractivity contribution in [3.8, 4) is 0 Å². The first kappa shape index (κ1) is 16.5. The molecule has 2 aromatic rings. The molecule has 0 bridgehead atoms. The number of carbonyl (C=O) groups excluding carboxylic acids is 2. The second-order valence-corrected chi connectivity index (χ2v) is 5.02. The predicted molar refractivity (Wildman–Crippen MR) is 88.9 cm³/mol. The standard InChI is InChI=1S/C18H20N2O3/c1-2-16(17(21)19-15-11-7-4-8-12-15)20-18(22)23-13-14-9-5-3-6-10-14/h3-12,16H,2,13H2,1H3,(H,19,21)(H,20,22)/t16-/m1/s1. The van der Waals surface area contributed by atoms with Crippen molar-refractivity contribution >= 4 is 17.7 Å². The summed E-state index contributed by atoms with van der Waals surface area (Å²) in [5.74, 6) is -0.268. The summed E-state index contributed by atoms with van der Waals surface area (Å²) >= 11 is 0. The number of amides is 2. The Hall–Kier alpha value is -2.82. The van der Waals surface area contributed by atoms with Crippen LogP contribution >= 0.6 is 0 Å². The van der Waals surface area contributed by atoms with Gasteiger partial charge in [0.15, 0.2) is 0 Å². The molecule has 2 rings (SSSR count). The highest BCUT2D eigenvalue weighted by Gasteiger charge is 2.19. The molecule has 0 saturated heterocycles. The van der Waals surface area contributed by atoms with E-state index in [0.29, 0.717) is 12.1 Å². The van der Waals surface area contributed by atoms with Gasteiger partial charge in [0.25, 0.3) is 0 Å². The highest BCUT2D eigenvalue weighted by Crippen LogP contribution is 2.07. The van der Waals surface area contributed by atoms with E-state index in [1.165, 1.54) is 0 Å². The van der Waals surface area contributed by atoms with E-state index in [0.717, 1.165) is 5.56 Å². The van der Waals surface area contributed by atoms with Crippen LogP contribution in [0.1, 0.15) is 18.9 Å². The molecule has 0 heterocycles. The first-order chi connectivity index (χ1) is 11.2. The Morgan fingerprint density at radius 2 is 1.61 bits per heavy atom. The molecule has 0 fully saturated rings. The molecule has 0 unspecified atom stereocenters. The van der Waals surface area contributed by atoms with E-state index in [9.17, 15) is 9.59 Å². The van der Waals surface area contributed by atoms with Crippen LogP contribution in [-0.4, -0.2) is 18.0 Å². The normalized spacial score (nSPS) is 11.3. The molecule has 23 heavy (non-hydrogen) atoms. The molecule has 5 nitrogen and oxygen atoms in total. The minimum absolute atomic E-state index is 0.170. The third-order valence-electron chi connectivity index (χ3n) is 3.27. The Kier molecular flexibility index (Phi) is 6.17. The zero-order valence-electron chi connectivity index (χ0n) is 13.0. The maximum Gasteiger partial charge on any atom is 0.408 e. The smallest absolute Gasteiger partial charge is 0.408 e. The number of nitrogens with one attached hydrogen (secondary N) is 2. The number of hydrogen-bond acceptors (Lipinski definition) is 3. The van der Waals surface area contributed by atoms with Crippen molar-refractivity contribution in [1.82, 2.24) is 5.32 Å². The first-order valence-electron chi connectivity index (χ1n) is 7.52. The van der Waals surface area contributed by atoms with Crippen molar-refractivity contribution in [3.63, 3.8) is 0 Å². The van der Waals surface area contributed by atoms with Gasteiger partial charge in [0.2, 0.25) is 5.91 Å². The fourth-order valence-corrected chi connectivity index (χ4v) is 2.01. The maximum absolute atomic E-state index is 12.2. The summed E-state index contributed by atoms with van der Waals surface area (Å²) in [5, 5.41) is 5.35. The molecule has 0 spiro atoms. The number of hydrogen-bond donors (Lipinski definition) is 2. The second kappa shape index (κ2) is 8.58. The fourth-order valence-electron chi connectivity index (χ4n) is 2.01. The summed E-state index contributed by atoms with van der Waals surface area (Å²) < 4.78 is 5.13. The Labute approximate surface area is 135 Å². The van der Waals surface area contributed by atoms with Gasteiger partial charge in [0.1, 0.15) is 12.6 Å². The van der Waals surface area contributed by atoms with Crippen molar-refractivity contribution in [1.29, 1.82) is 0 Å². The topological polar surface area (TPSA) is 67.4 Å². The molecule has 1 atom stereocenters. The molecule has 120 valence electrons. The zero-order valence-corrected chi connectivity index (χ0v) is 13.0. The van der Waals surface area contributed by atoms with Gasteiger partial charge in [-0.25, -0.2) is 4.79 Å². The monoisotopic (exact) mass is 312 g/mol. The number of ether oxygens (including phenoxy) is 1. The van der Waals surface area contributed by atoms with Crippen LogP contribution in [0.5, 0.6) is 0 Å². The van der Waals surface area contributed by atoms with Gasteiger partial charge in [-0.3, -0.25) is 4.79 Å². The van der Waals surface area contributed by atoms with E-state index in [1.807, 2.05) is 55.5 Å². The zero-order chi connectivity index (χ0) is 16.5. The van der Waals surface area contributed by atoms with Crippen LogP contribution in [0.4, 0.5) is 10.5 Å². The molecule has 5 heteroatoms. The number of alkyl carbamates (subject to hydrolysis) is 1. The molecular formula is C18H20N2O3.